The summed E-state index contributed by atoms with van der Waals surface area (Å²) in [6, 6.07) is 10.0. The quantitative estimate of drug-likeness (QED) is 0.679. The minimum absolute atomic E-state index is 0.0554. The molecule has 0 atom stereocenters. The number of rotatable bonds is 8. The van der Waals surface area contributed by atoms with Crippen molar-refractivity contribution in [2.45, 2.75) is 11.3 Å². The summed E-state index contributed by atoms with van der Waals surface area (Å²) in [5, 5.41) is 6.55. The summed E-state index contributed by atoms with van der Waals surface area (Å²) >= 11 is 1.51. The van der Waals surface area contributed by atoms with Crippen LogP contribution in [0.5, 0.6) is 0 Å². The molecule has 29 heavy (non-hydrogen) atoms. The molecule has 156 valence electrons. The van der Waals surface area contributed by atoms with E-state index in [1.165, 1.54) is 23.5 Å². The fourth-order valence-electron chi connectivity index (χ4n) is 3.16. The predicted molar refractivity (Wildman–Crippen MR) is 113 cm³/mol. The molecule has 3 rings (SSSR count). The summed E-state index contributed by atoms with van der Waals surface area (Å²) in [5.74, 6) is -0.402. The van der Waals surface area contributed by atoms with E-state index >= 15 is 0 Å². The van der Waals surface area contributed by atoms with E-state index in [1.54, 1.807) is 18.2 Å². The topological polar surface area (TPSA) is 86.8 Å². The molecular weight excluding hydrogens is 410 g/mol. The lowest BCUT2D eigenvalue weighted by Crippen LogP contribution is -2.50. The summed E-state index contributed by atoms with van der Waals surface area (Å²) in [6.07, 6.45) is -0.0554. The highest BCUT2D eigenvalue weighted by Gasteiger charge is 2.22. The number of thiophene rings is 1. The highest BCUT2D eigenvalue weighted by atomic mass is 32.2. The molecule has 0 radical (unpaired) electrons. The molecule has 1 aromatic heterocycles. The molecule has 1 fully saturated rings. The maximum Gasteiger partial charge on any atom is 0.254 e. The lowest BCUT2D eigenvalue weighted by atomic mass is 10.2. The van der Waals surface area contributed by atoms with E-state index in [-0.39, 0.29) is 28.9 Å². The molecule has 7 nitrogen and oxygen atoms in total. The van der Waals surface area contributed by atoms with Crippen LogP contribution in [-0.2, 0) is 14.6 Å². The minimum Gasteiger partial charge on any atom is -0.355 e. The number of hydrogen-bond acceptors (Lipinski definition) is 6. The number of piperazine rings is 1. The Bertz CT molecular complexity index is 906. The molecule has 0 saturated carbocycles. The second-order valence-corrected chi connectivity index (χ2v) is 9.77. The van der Waals surface area contributed by atoms with Crippen LogP contribution in [0, 0.1) is 0 Å². The van der Waals surface area contributed by atoms with E-state index in [1.807, 2.05) is 21.7 Å². The fourth-order valence-corrected chi connectivity index (χ4v) is 5.05. The summed E-state index contributed by atoms with van der Waals surface area (Å²) in [5.41, 5.74) is 0.737. The third-order valence-corrected chi connectivity index (χ3v) is 7.29. The van der Waals surface area contributed by atoms with Gasteiger partial charge in [0.1, 0.15) is 0 Å². The molecule has 1 aliphatic rings. The Labute approximate surface area is 175 Å². The van der Waals surface area contributed by atoms with Gasteiger partial charge in [-0.25, -0.2) is 8.42 Å². The lowest BCUT2D eigenvalue weighted by molar-refractivity contribution is -0.120. The molecule has 0 spiro atoms. The number of carbonyl (C=O) groups is 2. The maximum absolute atomic E-state index is 12.3. The Morgan fingerprint density at radius 3 is 2.41 bits per heavy atom. The smallest absolute Gasteiger partial charge is 0.254 e. The predicted octanol–water partition coefficient (Wildman–Crippen LogP) is 1.49. The van der Waals surface area contributed by atoms with Gasteiger partial charge in [0.25, 0.3) is 5.91 Å². The molecule has 1 saturated heterocycles. The van der Waals surface area contributed by atoms with Gasteiger partial charge in [0.05, 0.1) is 16.2 Å². The first-order chi connectivity index (χ1) is 14.0. The van der Waals surface area contributed by atoms with Crippen molar-refractivity contribution in [1.29, 1.82) is 0 Å². The number of amides is 2. The zero-order valence-corrected chi connectivity index (χ0v) is 17.8. The van der Waals surface area contributed by atoms with Crippen molar-refractivity contribution < 1.29 is 18.0 Å². The molecule has 2 heterocycles. The monoisotopic (exact) mass is 435 g/mol. The average molecular weight is 436 g/mol. The Hall–Kier alpha value is -2.23. The van der Waals surface area contributed by atoms with Gasteiger partial charge in [-0.2, -0.15) is 11.3 Å². The van der Waals surface area contributed by atoms with Crippen LogP contribution < -0.4 is 5.32 Å². The molecular formula is C20H25N3O4S2. The number of carbonyl (C=O) groups excluding carboxylic acids is 2. The second kappa shape index (κ2) is 10.00. The second-order valence-electron chi connectivity index (χ2n) is 6.88. The molecule has 0 unspecified atom stereocenters. The molecule has 2 aromatic rings. The van der Waals surface area contributed by atoms with Gasteiger partial charge in [0.15, 0.2) is 9.84 Å². The van der Waals surface area contributed by atoms with Gasteiger partial charge in [-0.1, -0.05) is 18.2 Å². The molecule has 2 amide bonds. The van der Waals surface area contributed by atoms with Gasteiger partial charge in [-0.05, 0) is 23.6 Å². The van der Waals surface area contributed by atoms with Gasteiger partial charge in [0.2, 0.25) is 5.91 Å². The highest BCUT2D eigenvalue weighted by Crippen LogP contribution is 2.12. The number of hydrogen-bond donors (Lipinski definition) is 1. The first-order valence-electron chi connectivity index (χ1n) is 9.54. The fraction of sp³-hybridized carbons (Fsp3) is 0.400. The maximum atomic E-state index is 12.3. The Kier molecular flexibility index (Phi) is 7.40. The van der Waals surface area contributed by atoms with Crippen LogP contribution in [-0.4, -0.2) is 75.1 Å². The largest absolute Gasteiger partial charge is 0.355 e. The average Bonchev–Trinajstić information content (AvgIpc) is 3.28. The van der Waals surface area contributed by atoms with Gasteiger partial charge < -0.3 is 10.2 Å². The van der Waals surface area contributed by atoms with Crippen molar-refractivity contribution in [2.75, 3.05) is 45.0 Å². The summed E-state index contributed by atoms with van der Waals surface area (Å²) < 4.78 is 24.4. The number of sulfone groups is 1. The lowest BCUT2D eigenvalue weighted by Gasteiger charge is -2.34. The van der Waals surface area contributed by atoms with Crippen molar-refractivity contribution in [2.24, 2.45) is 0 Å². The summed E-state index contributed by atoms with van der Waals surface area (Å²) in [7, 11) is -3.44. The minimum atomic E-state index is -3.44. The number of nitrogens with zero attached hydrogens (tertiary/aromatic N) is 2. The van der Waals surface area contributed by atoms with Gasteiger partial charge in [-0.15, -0.1) is 0 Å². The summed E-state index contributed by atoms with van der Waals surface area (Å²) in [6.45, 7) is 3.98. The van der Waals surface area contributed by atoms with E-state index in [0.717, 1.165) is 18.7 Å². The third kappa shape index (κ3) is 6.12. The van der Waals surface area contributed by atoms with Gasteiger partial charge in [0, 0.05) is 51.1 Å². The normalized spacial score (nSPS) is 15.2. The van der Waals surface area contributed by atoms with Crippen LogP contribution in [0.2, 0.25) is 0 Å². The first kappa shape index (κ1) is 21.5. The van der Waals surface area contributed by atoms with Crippen LogP contribution in [0.3, 0.4) is 0 Å². The molecule has 1 N–H and O–H groups in total. The molecule has 0 bridgehead atoms. The summed E-state index contributed by atoms with van der Waals surface area (Å²) in [4.78, 5) is 28.6. The van der Waals surface area contributed by atoms with Gasteiger partial charge in [-0.3, -0.25) is 14.5 Å². The van der Waals surface area contributed by atoms with Gasteiger partial charge >= 0.3 is 0 Å². The van der Waals surface area contributed by atoms with Crippen molar-refractivity contribution >= 4 is 33.0 Å². The van der Waals surface area contributed by atoms with Crippen molar-refractivity contribution in [1.82, 2.24) is 15.1 Å². The third-order valence-electron chi connectivity index (χ3n) is 4.88. The van der Waals surface area contributed by atoms with E-state index in [9.17, 15) is 18.0 Å². The van der Waals surface area contributed by atoms with E-state index in [2.05, 4.69) is 10.2 Å². The molecule has 0 aliphatic carbocycles. The van der Waals surface area contributed by atoms with Crippen molar-refractivity contribution in [3.63, 3.8) is 0 Å². The number of nitrogens with one attached hydrogen (secondary N) is 1. The van der Waals surface area contributed by atoms with Crippen LogP contribution >= 0.6 is 11.3 Å². The van der Waals surface area contributed by atoms with E-state index < -0.39 is 9.84 Å². The zero-order valence-electron chi connectivity index (χ0n) is 16.1. The zero-order chi connectivity index (χ0) is 20.7. The van der Waals surface area contributed by atoms with Crippen LogP contribution in [0.25, 0.3) is 0 Å². The SMILES string of the molecule is O=C(CCS(=O)(=O)c1ccccc1)NCCN1CCN(C(=O)c2ccsc2)CC1. The number of benzene rings is 1. The molecule has 1 aromatic carbocycles. The standard InChI is InChI=1S/C20H25N3O4S2/c24-19(7-15-29(26,27)18-4-2-1-3-5-18)21-8-9-22-10-12-23(13-11-22)20(25)17-6-14-28-16-17/h1-6,14,16H,7-13,15H2,(H,21,24). The van der Waals surface area contributed by atoms with Crippen LogP contribution in [0.15, 0.2) is 52.1 Å². The van der Waals surface area contributed by atoms with Crippen molar-refractivity contribution in [3.8, 4) is 0 Å². The Balaban J connectivity index is 1.33. The highest BCUT2D eigenvalue weighted by molar-refractivity contribution is 7.91. The molecule has 1 aliphatic heterocycles. The Morgan fingerprint density at radius 2 is 1.76 bits per heavy atom. The van der Waals surface area contributed by atoms with Crippen LogP contribution in [0.1, 0.15) is 16.8 Å². The molecule has 9 heteroatoms. The van der Waals surface area contributed by atoms with Crippen molar-refractivity contribution in [3.05, 3.63) is 52.7 Å². The van der Waals surface area contributed by atoms with E-state index in [0.29, 0.717) is 26.2 Å². The van der Waals surface area contributed by atoms with E-state index in [4.69, 9.17) is 0 Å². The van der Waals surface area contributed by atoms with Crippen LogP contribution in [0.4, 0.5) is 0 Å². The first-order valence-corrected chi connectivity index (χ1v) is 12.1. The Morgan fingerprint density at radius 1 is 1.03 bits per heavy atom.